The van der Waals surface area contributed by atoms with Gasteiger partial charge < -0.3 is 20.9 Å². The van der Waals surface area contributed by atoms with Gasteiger partial charge in [-0.25, -0.2) is 4.98 Å². The van der Waals surface area contributed by atoms with E-state index in [0.29, 0.717) is 11.4 Å². The minimum atomic E-state index is -4.48. The highest BCUT2D eigenvalue weighted by molar-refractivity contribution is 6.10. The van der Waals surface area contributed by atoms with Crippen molar-refractivity contribution in [2.24, 2.45) is 12.8 Å². The first-order valence-corrected chi connectivity index (χ1v) is 8.77. The number of hydrogen-bond acceptors (Lipinski definition) is 4. The number of aryl methyl sites for hydroxylation is 1. The Hall–Kier alpha value is -4.15. The summed E-state index contributed by atoms with van der Waals surface area (Å²) in [7, 11) is 1.54. The molecule has 0 bridgehead atoms. The first-order chi connectivity index (χ1) is 14.6. The fourth-order valence-electron chi connectivity index (χ4n) is 2.72. The van der Waals surface area contributed by atoms with Gasteiger partial charge in [0.2, 0.25) is 0 Å². The molecule has 0 fully saturated rings. The van der Waals surface area contributed by atoms with Gasteiger partial charge in [0.25, 0.3) is 17.7 Å². The van der Waals surface area contributed by atoms with Crippen molar-refractivity contribution in [1.82, 2.24) is 9.55 Å². The number of nitrogens with zero attached hydrogens (tertiary/aromatic N) is 2. The average Bonchev–Trinajstić information content (AvgIpc) is 3.11. The van der Waals surface area contributed by atoms with Gasteiger partial charge >= 0.3 is 6.18 Å². The summed E-state index contributed by atoms with van der Waals surface area (Å²) in [5, 5.41) is 5.14. The molecule has 0 aliphatic rings. The Kier molecular flexibility index (Phi) is 5.77. The van der Waals surface area contributed by atoms with Crippen LogP contribution in [-0.4, -0.2) is 27.3 Å². The Balaban J connectivity index is 1.67. The quantitative estimate of drug-likeness (QED) is 0.575. The Morgan fingerprint density at radius 3 is 1.90 bits per heavy atom. The summed E-state index contributed by atoms with van der Waals surface area (Å²) in [6.07, 6.45) is -3.20. The SMILES string of the molecule is Cn1cnc(C(N)=O)c1C(=O)Nc1ccc(NC(=O)c2ccc(C(F)(F)F)cc2)cc1. The maximum absolute atomic E-state index is 12.6. The van der Waals surface area contributed by atoms with Crippen molar-refractivity contribution < 1.29 is 27.6 Å². The largest absolute Gasteiger partial charge is 0.416 e. The highest BCUT2D eigenvalue weighted by Gasteiger charge is 2.30. The lowest BCUT2D eigenvalue weighted by Gasteiger charge is -2.10. The van der Waals surface area contributed by atoms with E-state index in [4.69, 9.17) is 5.73 Å². The number of carbonyl (C=O) groups is 3. The number of imidazole rings is 1. The van der Waals surface area contributed by atoms with E-state index < -0.39 is 29.5 Å². The number of primary amides is 1. The van der Waals surface area contributed by atoms with Crippen molar-refractivity contribution in [3.63, 3.8) is 0 Å². The van der Waals surface area contributed by atoms with E-state index in [1.54, 1.807) is 0 Å². The van der Waals surface area contributed by atoms with E-state index in [0.717, 1.165) is 24.3 Å². The van der Waals surface area contributed by atoms with Gasteiger partial charge in [-0.05, 0) is 48.5 Å². The molecule has 3 amide bonds. The molecule has 0 spiro atoms. The summed E-state index contributed by atoms with van der Waals surface area (Å²) in [4.78, 5) is 39.8. The van der Waals surface area contributed by atoms with Crippen molar-refractivity contribution in [2.75, 3.05) is 10.6 Å². The molecule has 1 aromatic heterocycles. The van der Waals surface area contributed by atoms with E-state index in [2.05, 4.69) is 15.6 Å². The molecular weight excluding hydrogens is 415 g/mol. The van der Waals surface area contributed by atoms with Gasteiger partial charge in [-0.1, -0.05) is 0 Å². The zero-order valence-electron chi connectivity index (χ0n) is 16.0. The number of rotatable bonds is 5. The third-order valence-electron chi connectivity index (χ3n) is 4.26. The number of anilines is 2. The lowest BCUT2D eigenvalue weighted by atomic mass is 10.1. The smallest absolute Gasteiger partial charge is 0.364 e. The number of halogens is 3. The third-order valence-corrected chi connectivity index (χ3v) is 4.26. The molecule has 0 radical (unpaired) electrons. The summed E-state index contributed by atoms with van der Waals surface area (Å²) in [5.41, 5.74) is 4.98. The van der Waals surface area contributed by atoms with Gasteiger partial charge in [-0.2, -0.15) is 13.2 Å². The number of carbonyl (C=O) groups excluding carboxylic acids is 3. The van der Waals surface area contributed by atoms with Crippen LogP contribution in [0.1, 0.15) is 36.9 Å². The highest BCUT2D eigenvalue weighted by atomic mass is 19.4. The summed E-state index contributed by atoms with van der Waals surface area (Å²) in [5.74, 6) is -2.03. The minimum Gasteiger partial charge on any atom is -0.364 e. The van der Waals surface area contributed by atoms with Crippen molar-refractivity contribution in [1.29, 1.82) is 0 Å². The first kappa shape index (κ1) is 21.6. The summed E-state index contributed by atoms with van der Waals surface area (Å²) >= 11 is 0. The standard InChI is InChI=1S/C20H16F3N5O3/c1-28-10-25-15(17(24)29)16(28)19(31)27-14-8-6-13(7-9-14)26-18(30)11-2-4-12(5-3-11)20(21,22)23/h2-10H,1H3,(H2,24,29)(H,26,30)(H,27,31). The van der Waals surface area contributed by atoms with E-state index in [1.807, 2.05) is 0 Å². The molecule has 3 aromatic rings. The fraction of sp³-hybridized carbons (Fsp3) is 0.100. The maximum atomic E-state index is 12.6. The Bertz CT molecular complexity index is 1140. The van der Waals surface area contributed by atoms with Gasteiger partial charge in [0.05, 0.1) is 11.9 Å². The first-order valence-electron chi connectivity index (χ1n) is 8.77. The van der Waals surface area contributed by atoms with Crippen LogP contribution < -0.4 is 16.4 Å². The number of aromatic nitrogens is 2. The van der Waals surface area contributed by atoms with Crippen LogP contribution in [0.3, 0.4) is 0 Å². The Labute approximate surface area is 173 Å². The molecule has 4 N–H and O–H groups in total. The fourth-order valence-corrected chi connectivity index (χ4v) is 2.72. The molecule has 3 rings (SSSR count). The van der Waals surface area contributed by atoms with Crippen molar-refractivity contribution >= 4 is 29.1 Å². The number of alkyl halides is 3. The summed E-state index contributed by atoms with van der Waals surface area (Å²) in [6.45, 7) is 0. The highest BCUT2D eigenvalue weighted by Crippen LogP contribution is 2.29. The van der Waals surface area contributed by atoms with Crippen LogP contribution in [0.5, 0.6) is 0 Å². The zero-order valence-corrected chi connectivity index (χ0v) is 16.0. The van der Waals surface area contributed by atoms with Crippen molar-refractivity contribution in [3.8, 4) is 0 Å². The summed E-state index contributed by atoms with van der Waals surface area (Å²) in [6, 6.07) is 9.80. The monoisotopic (exact) mass is 431 g/mol. The van der Waals surface area contributed by atoms with Crippen LogP contribution in [0.2, 0.25) is 0 Å². The molecule has 0 saturated heterocycles. The minimum absolute atomic E-state index is 0.00724. The molecule has 160 valence electrons. The number of benzene rings is 2. The van der Waals surface area contributed by atoms with Crippen LogP contribution >= 0.6 is 0 Å². The van der Waals surface area contributed by atoms with Crippen molar-refractivity contribution in [3.05, 3.63) is 77.4 Å². The zero-order chi connectivity index (χ0) is 22.8. The van der Waals surface area contributed by atoms with E-state index in [1.165, 1.54) is 42.2 Å². The van der Waals surface area contributed by atoms with Crippen molar-refractivity contribution in [2.45, 2.75) is 6.18 Å². The number of hydrogen-bond donors (Lipinski definition) is 3. The predicted octanol–water partition coefficient (Wildman–Crippen LogP) is 3.04. The molecule has 0 atom stereocenters. The molecule has 1 heterocycles. The van der Waals surface area contributed by atoms with Gasteiger partial charge in [-0.15, -0.1) is 0 Å². The molecule has 31 heavy (non-hydrogen) atoms. The molecular formula is C20H16F3N5O3. The van der Waals surface area contributed by atoms with Crippen LogP contribution in [0.4, 0.5) is 24.5 Å². The summed E-state index contributed by atoms with van der Waals surface area (Å²) < 4.78 is 39.2. The Morgan fingerprint density at radius 1 is 0.903 bits per heavy atom. The molecule has 2 aromatic carbocycles. The van der Waals surface area contributed by atoms with E-state index in [9.17, 15) is 27.6 Å². The number of nitrogens with two attached hydrogens (primary N) is 1. The van der Waals surface area contributed by atoms with Crippen LogP contribution in [0.25, 0.3) is 0 Å². The molecule has 0 aliphatic carbocycles. The normalized spacial score (nSPS) is 11.1. The molecule has 0 saturated carbocycles. The Morgan fingerprint density at radius 2 is 1.42 bits per heavy atom. The van der Waals surface area contributed by atoms with Crippen LogP contribution in [-0.2, 0) is 13.2 Å². The lowest BCUT2D eigenvalue weighted by molar-refractivity contribution is -0.137. The molecule has 0 aliphatic heterocycles. The van der Waals surface area contributed by atoms with E-state index in [-0.39, 0.29) is 17.0 Å². The van der Waals surface area contributed by atoms with Gasteiger partial charge in [0.1, 0.15) is 5.69 Å². The molecule has 0 unspecified atom stereocenters. The van der Waals surface area contributed by atoms with Crippen LogP contribution in [0, 0.1) is 0 Å². The third kappa shape index (κ3) is 4.89. The lowest BCUT2D eigenvalue weighted by Crippen LogP contribution is -2.22. The average molecular weight is 431 g/mol. The predicted molar refractivity (Wildman–Crippen MR) is 106 cm³/mol. The van der Waals surface area contributed by atoms with E-state index >= 15 is 0 Å². The second kappa shape index (κ2) is 8.30. The van der Waals surface area contributed by atoms with Crippen LogP contribution in [0.15, 0.2) is 54.9 Å². The number of nitrogens with one attached hydrogen (secondary N) is 2. The molecule has 8 nitrogen and oxygen atoms in total. The van der Waals surface area contributed by atoms with Gasteiger partial charge in [0.15, 0.2) is 5.69 Å². The maximum Gasteiger partial charge on any atom is 0.416 e. The topological polar surface area (TPSA) is 119 Å². The molecule has 11 heteroatoms. The van der Waals surface area contributed by atoms with Gasteiger partial charge in [-0.3, -0.25) is 14.4 Å². The number of amides is 3. The van der Waals surface area contributed by atoms with Gasteiger partial charge in [0, 0.05) is 24.0 Å². The second-order valence-electron chi connectivity index (χ2n) is 6.48. The second-order valence-corrected chi connectivity index (χ2v) is 6.48.